The zero-order valence-corrected chi connectivity index (χ0v) is 14.8. The van der Waals surface area contributed by atoms with Crippen molar-refractivity contribution in [1.29, 1.82) is 0 Å². The molecule has 3 rings (SSSR count). The van der Waals surface area contributed by atoms with Crippen LogP contribution in [0.1, 0.15) is 0 Å². The van der Waals surface area contributed by atoms with Crippen molar-refractivity contribution in [3.8, 4) is 5.75 Å². The molecule has 1 aliphatic heterocycles. The Labute approximate surface area is 156 Å². The highest BCUT2D eigenvalue weighted by atomic mass is 19.1. The molecule has 2 aromatic rings. The van der Waals surface area contributed by atoms with Gasteiger partial charge in [0.1, 0.15) is 24.3 Å². The number of nitro benzene ring substituents is 1. The highest BCUT2D eigenvalue weighted by Gasteiger charge is 2.21. The molecule has 2 aromatic carbocycles. The van der Waals surface area contributed by atoms with Crippen molar-refractivity contribution in [1.82, 2.24) is 4.90 Å². The highest BCUT2D eigenvalue weighted by Crippen LogP contribution is 2.21. The van der Waals surface area contributed by atoms with Crippen LogP contribution in [0.3, 0.4) is 0 Å². The molecule has 0 aromatic heterocycles. The lowest BCUT2D eigenvalue weighted by Gasteiger charge is -2.36. The van der Waals surface area contributed by atoms with Crippen molar-refractivity contribution >= 4 is 11.4 Å². The SMILES string of the molecule is O=[N+]([O-])c1cccc(OCC(O)CN2CCN(c3ccccc3F)CC2)c1. The summed E-state index contributed by atoms with van der Waals surface area (Å²) in [6.07, 6.45) is -0.718. The zero-order valence-electron chi connectivity index (χ0n) is 14.8. The lowest BCUT2D eigenvalue weighted by atomic mass is 10.2. The lowest BCUT2D eigenvalue weighted by Crippen LogP contribution is -2.49. The average molecular weight is 375 g/mol. The fourth-order valence-corrected chi connectivity index (χ4v) is 3.11. The first-order chi connectivity index (χ1) is 13.0. The normalized spacial score (nSPS) is 16.1. The van der Waals surface area contributed by atoms with Gasteiger partial charge in [-0.05, 0) is 18.2 Å². The van der Waals surface area contributed by atoms with Crippen molar-refractivity contribution < 1.29 is 19.2 Å². The average Bonchev–Trinajstić information content (AvgIpc) is 2.68. The Balaban J connectivity index is 1.44. The summed E-state index contributed by atoms with van der Waals surface area (Å²) in [4.78, 5) is 14.4. The van der Waals surface area contributed by atoms with Crippen LogP contribution in [0, 0.1) is 15.9 Å². The second-order valence-electron chi connectivity index (χ2n) is 6.46. The second-order valence-corrected chi connectivity index (χ2v) is 6.46. The van der Waals surface area contributed by atoms with Crippen LogP contribution in [0.5, 0.6) is 5.75 Å². The minimum atomic E-state index is -0.718. The molecule has 7 nitrogen and oxygen atoms in total. The van der Waals surface area contributed by atoms with Gasteiger partial charge in [-0.1, -0.05) is 18.2 Å². The highest BCUT2D eigenvalue weighted by molar-refractivity contribution is 5.48. The van der Waals surface area contributed by atoms with Crippen molar-refractivity contribution in [2.24, 2.45) is 0 Å². The molecule has 0 amide bonds. The van der Waals surface area contributed by atoms with Gasteiger partial charge in [0.05, 0.1) is 16.7 Å². The Morgan fingerprint density at radius 3 is 2.59 bits per heavy atom. The van der Waals surface area contributed by atoms with Crippen LogP contribution < -0.4 is 9.64 Å². The summed E-state index contributed by atoms with van der Waals surface area (Å²) in [6, 6.07) is 12.6. The van der Waals surface area contributed by atoms with Crippen molar-refractivity contribution in [2.75, 3.05) is 44.2 Å². The number of piperazine rings is 1. The van der Waals surface area contributed by atoms with Gasteiger partial charge in [-0.3, -0.25) is 15.0 Å². The number of non-ortho nitro benzene ring substituents is 1. The third-order valence-electron chi connectivity index (χ3n) is 4.51. The molecule has 0 spiro atoms. The zero-order chi connectivity index (χ0) is 19.2. The Bertz CT molecular complexity index is 781. The predicted octanol–water partition coefficient (Wildman–Crippen LogP) is 2.30. The van der Waals surface area contributed by atoms with Gasteiger partial charge in [0.2, 0.25) is 0 Å². The van der Waals surface area contributed by atoms with E-state index in [4.69, 9.17) is 4.74 Å². The van der Waals surface area contributed by atoms with E-state index in [-0.39, 0.29) is 18.1 Å². The number of rotatable bonds is 7. The largest absolute Gasteiger partial charge is 0.491 e. The van der Waals surface area contributed by atoms with Crippen LogP contribution >= 0.6 is 0 Å². The summed E-state index contributed by atoms with van der Waals surface area (Å²) in [7, 11) is 0. The molecular weight excluding hydrogens is 353 g/mol. The van der Waals surface area contributed by atoms with E-state index in [9.17, 15) is 19.6 Å². The molecule has 0 bridgehead atoms. The van der Waals surface area contributed by atoms with Gasteiger partial charge in [0, 0.05) is 38.8 Å². The number of hydrogen-bond acceptors (Lipinski definition) is 6. The van der Waals surface area contributed by atoms with Crippen LogP contribution in [0.2, 0.25) is 0 Å². The fourth-order valence-electron chi connectivity index (χ4n) is 3.11. The van der Waals surface area contributed by atoms with Gasteiger partial charge in [-0.25, -0.2) is 4.39 Å². The minimum Gasteiger partial charge on any atom is -0.491 e. The molecular formula is C19H22FN3O4. The first-order valence-corrected chi connectivity index (χ1v) is 8.80. The number of nitrogens with zero attached hydrogens (tertiary/aromatic N) is 3. The number of ether oxygens (including phenoxy) is 1. The molecule has 0 aliphatic carbocycles. The molecule has 1 N–H and O–H groups in total. The molecule has 0 radical (unpaired) electrons. The first kappa shape index (κ1) is 19.1. The van der Waals surface area contributed by atoms with Gasteiger partial charge in [0.15, 0.2) is 0 Å². The van der Waals surface area contributed by atoms with Crippen molar-refractivity contribution in [3.05, 3.63) is 64.5 Å². The molecule has 144 valence electrons. The van der Waals surface area contributed by atoms with Gasteiger partial charge in [-0.15, -0.1) is 0 Å². The maximum absolute atomic E-state index is 13.9. The lowest BCUT2D eigenvalue weighted by molar-refractivity contribution is -0.384. The predicted molar refractivity (Wildman–Crippen MR) is 99.7 cm³/mol. The Kier molecular flexibility index (Phi) is 6.20. The van der Waals surface area contributed by atoms with Crippen LogP contribution in [-0.2, 0) is 0 Å². The second kappa shape index (κ2) is 8.79. The number of β-amino-alcohol motifs (C(OH)–C–C–N with tert-alkyl or cyclic N) is 1. The van der Waals surface area contributed by atoms with Gasteiger partial charge in [-0.2, -0.15) is 0 Å². The van der Waals surface area contributed by atoms with Gasteiger partial charge >= 0.3 is 0 Å². The monoisotopic (exact) mass is 375 g/mol. The summed E-state index contributed by atoms with van der Waals surface area (Å²) >= 11 is 0. The summed E-state index contributed by atoms with van der Waals surface area (Å²) in [5.74, 6) is 0.129. The first-order valence-electron chi connectivity index (χ1n) is 8.80. The molecule has 8 heteroatoms. The Morgan fingerprint density at radius 1 is 1.15 bits per heavy atom. The molecule has 1 aliphatic rings. The maximum Gasteiger partial charge on any atom is 0.273 e. The van der Waals surface area contributed by atoms with Crippen LogP contribution in [0.4, 0.5) is 15.8 Å². The number of benzene rings is 2. The van der Waals surface area contributed by atoms with E-state index in [0.29, 0.717) is 44.2 Å². The quantitative estimate of drug-likeness (QED) is 0.591. The van der Waals surface area contributed by atoms with Crippen LogP contribution in [-0.4, -0.2) is 60.4 Å². The molecule has 1 fully saturated rings. The van der Waals surface area contributed by atoms with E-state index in [1.807, 2.05) is 11.0 Å². The summed E-state index contributed by atoms with van der Waals surface area (Å²) in [6.45, 7) is 3.26. The summed E-state index contributed by atoms with van der Waals surface area (Å²) in [5, 5.41) is 21.0. The number of nitro groups is 1. The molecule has 1 atom stereocenters. The number of para-hydroxylation sites is 1. The van der Waals surface area contributed by atoms with E-state index in [1.54, 1.807) is 24.3 Å². The van der Waals surface area contributed by atoms with E-state index in [2.05, 4.69) is 4.90 Å². The number of aliphatic hydroxyl groups is 1. The van der Waals surface area contributed by atoms with Crippen LogP contribution in [0.15, 0.2) is 48.5 Å². The molecule has 1 saturated heterocycles. The summed E-state index contributed by atoms with van der Waals surface area (Å²) < 4.78 is 19.3. The maximum atomic E-state index is 13.9. The molecule has 27 heavy (non-hydrogen) atoms. The van der Waals surface area contributed by atoms with Crippen molar-refractivity contribution in [2.45, 2.75) is 6.10 Å². The molecule has 1 unspecified atom stereocenters. The standard InChI is InChI=1S/C19H22FN3O4/c20-18-6-1-2-7-19(18)22-10-8-21(9-11-22)13-16(24)14-27-17-5-3-4-15(12-17)23(25)26/h1-7,12,16,24H,8-11,13-14H2. The van der Waals surface area contributed by atoms with E-state index in [1.165, 1.54) is 18.2 Å². The number of halogens is 1. The summed E-state index contributed by atoms with van der Waals surface area (Å²) in [5.41, 5.74) is 0.554. The van der Waals surface area contributed by atoms with E-state index < -0.39 is 11.0 Å². The molecule has 1 heterocycles. The number of anilines is 1. The van der Waals surface area contributed by atoms with Gasteiger partial charge in [0.25, 0.3) is 5.69 Å². The Hall–Kier alpha value is -2.71. The van der Waals surface area contributed by atoms with Gasteiger partial charge < -0.3 is 14.7 Å². The fraction of sp³-hybridized carbons (Fsp3) is 0.368. The smallest absolute Gasteiger partial charge is 0.273 e. The van der Waals surface area contributed by atoms with E-state index in [0.717, 1.165) is 0 Å². The van der Waals surface area contributed by atoms with E-state index >= 15 is 0 Å². The van der Waals surface area contributed by atoms with Crippen molar-refractivity contribution in [3.63, 3.8) is 0 Å². The Morgan fingerprint density at radius 2 is 1.89 bits per heavy atom. The third-order valence-corrected chi connectivity index (χ3v) is 4.51. The third kappa shape index (κ3) is 5.15. The number of aliphatic hydroxyl groups excluding tert-OH is 1. The number of hydrogen-bond donors (Lipinski definition) is 1. The molecule has 0 saturated carbocycles. The topological polar surface area (TPSA) is 79.1 Å². The van der Waals surface area contributed by atoms with Crippen LogP contribution in [0.25, 0.3) is 0 Å². The minimum absolute atomic E-state index is 0.0498.